The smallest absolute Gasteiger partial charge is 0.303 e. The van der Waals surface area contributed by atoms with E-state index in [0.717, 1.165) is 24.4 Å². The van der Waals surface area contributed by atoms with Crippen molar-refractivity contribution >= 4 is 23.4 Å². The predicted octanol–water partition coefficient (Wildman–Crippen LogP) is 1.47. The number of carboxylic acids is 1. The summed E-state index contributed by atoms with van der Waals surface area (Å²) >= 11 is 1.07. The number of aliphatic carboxylic acids is 1. The van der Waals surface area contributed by atoms with E-state index in [1.807, 2.05) is 6.92 Å². The number of hydrogen-bond acceptors (Lipinski definition) is 5. The van der Waals surface area contributed by atoms with Gasteiger partial charge in [-0.15, -0.1) is 5.10 Å². The number of nitrogens with zero attached hydrogens (tertiary/aromatic N) is 2. The molecule has 100 valence electrons. The first kappa shape index (κ1) is 14.6. The number of carbonyl (C=O) groups is 2. The molecule has 0 aromatic carbocycles. The fourth-order valence-corrected chi connectivity index (χ4v) is 2.09. The summed E-state index contributed by atoms with van der Waals surface area (Å²) in [4.78, 5) is 22.9. The lowest BCUT2D eigenvalue weighted by molar-refractivity contribution is -0.137. The summed E-state index contributed by atoms with van der Waals surface area (Å²) in [6.07, 6.45) is 2.09. The summed E-state index contributed by atoms with van der Waals surface area (Å²) in [5.74, 6) is -1.08. The molecule has 1 aromatic heterocycles. The fourth-order valence-electron chi connectivity index (χ4n) is 1.48. The van der Waals surface area contributed by atoms with Crippen molar-refractivity contribution < 1.29 is 14.7 Å². The summed E-state index contributed by atoms with van der Waals surface area (Å²) in [7, 11) is 0. The highest BCUT2D eigenvalue weighted by molar-refractivity contribution is 7.08. The lowest BCUT2D eigenvalue weighted by Gasteiger charge is -2.11. The minimum atomic E-state index is -0.859. The molecule has 1 unspecified atom stereocenters. The lowest BCUT2D eigenvalue weighted by atomic mass is 10.1. The van der Waals surface area contributed by atoms with Gasteiger partial charge in [0.25, 0.3) is 5.91 Å². The Labute approximate surface area is 110 Å². The molecule has 0 aliphatic heterocycles. The molecule has 0 saturated heterocycles. The van der Waals surface area contributed by atoms with Crippen LogP contribution in [0, 0.1) is 0 Å². The van der Waals surface area contributed by atoms with Gasteiger partial charge in [0.15, 0.2) is 0 Å². The van der Waals surface area contributed by atoms with E-state index in [1.54, 1.807) is 6.92 Å². The van der Waals surface area contributed by atoms with Gasteiger partial charge in [0, 0.05) is 12.5 Å². The molecule has 7 heteroatoms. The van der Waals surface area contributed by atoms with Crippen LogP contribution in [0.5, 0.6) is 0 Å². The molecule has 0 saturated carbocycles. The zero-order valence-corrected chi connectivity index (χ0v) is 11.3. The number of rotatable bonds is 7. The van der Waals surface area contributed by atoms with Gasteiger partial charge in [0.1, 0.15) is 4.88 Å². The minimum absolute atomic E-state index is 0.0458. The maximum atomic E-state index is 11.9. The van der Waals surface area contributed by atoms with Gasteiger partial charge in [0.05, 0.1) is 5.69 Å². The molecule has 0 aliphatic carbocycles. The molecule has 0 bridgehead atoms. The number of carbonyl (C=O) groups excluding carboxylic acids is 1. The van der Waals surface area contributed by atoms with Crippen LogP contribution in [0.25, 0.3) is 0 Å². The van der Waals surface area contributed by atoms with Crippen LogP contribution in [0.3, 0.4) is 0 Å². The van der Waals surface area contributed by atoms with Crippen LogP contribution in [0.15, 0.2) is 0 Å². The first-order valence-corrected chi connectivity index (χ1v) is 6.65. The van der Waals surface area contributed by atoms with E-state index >= 15 is 0 Å². The molecule has 0 fully saturated rings. The number of hydrogen-bond donors (Lipinski definition) is 2. The van der Waals surface area contributed by atoms with Gasteiger partial charge in [-0.3, -0.25) is 9.59 Å². The Morgan fingerprint density at radius 1 is 1.50 bits per heavy atom. The number of aryl methyl sites for hydroxylation is 1. The van der Waals surface area contributed by atoms with Crippen molar-refractivity contribution in [1.29, 1.82) is 0 Å². The van der Waals surface area contributed by atoms with Gasteiger partial charge in [0.2, 0.25) is 0 Å². The van der Waals surface area contributed by atoms with E-state index in [4.69, 9.17) is 5.11 Å². The SMILES string of the molecule is CCCc1nnsc1C(=O)NC(C)CCC(=O)O. The number of carboxylic acid groups (broad SMARTS) is 1. The molecule has 1 heterocycles. The van der Waals surface area contributed by atoms with Gasteiger partial charge in [-0.2, -0.15) is 0 Å². The minimum Gasteiger partial charge on any atom is -0.481 e. The first-order chi connectivity index (χ1) is 8.54. The molecule has 2 N–H and O–H groups in total. The van der Waals surface area contributed by atoms with Gasteiger partial charge >= 0.3 is 5.97 Å². The number of nitrogens with one attached hydrogen (secondary N) is 1. The number of aromatic nitrogens is 2. The third-order valence-corrected chi connectivity index (χ3v) is 3.18. The molecule has 1 aromatic rings. The zero-order valence-electron chi connectivity index (χ0n) is 10.5. The molecular weight excluding hydrogens is 254 g/mol. The zero-order chi connectivity index (χ0) is 13.5. The van der Waals surface area contributed by atoms with Crippen molar-refractivity contribution in [3.63, 3.8) is 0 Å². The Bertz CT molecular complexity index is 419. The van der Waals surface area contributed by atoms with Gasteiger partial charge in [-0.1, -0.05) is 17.8 Å². The molecule has 0 radical (unpaired) electrons. The van der Waals surface area contributed by atoms with E-state index < -0.39 is 5.97 Å². The van der Waals surface area contributed by atoms with Crippen molar-refractivity contribution in [2.24, 2.45) is 0 Å². The molecule has 1 amide bonds. The maximum Gasteiger partial charge on any atom is 0.303 e. The predicted molar refractivity (Wildman–Crippen MR) is 67.7 cm³/mol. The molecule has 6 nitrogen and oxygen atoms in total. The van der Waals surface area contributed by atoms with E-state index in [9.17, 15) is 9.59 Å². The Hall–Kier alpha value is -1.50. The summed E-state index contributed by atoms with van der Waals surface area (Å²) in [6.45, 7) is 3.80. The van der Waals surface area contributed by atoms with Crippen molar-refractivity contribution in [3.05, 3.63) is 10.6 Å². The lowest BCUT2D eigenvalue weighted by Crippen LogP contribution is -2.33. The van der Waals surface area contributed by atoms with Crippen LogP contribution in [-0.4, -0.2) is 32.6 Å². The van der Waals surface area contributed by atoms with Crippen molar-refractivity contribution in [2.75, 3.05) is 0 Å². The molecule has 0 spiro atoms. The van der Waals surface area contributed by atoms with E-state index in [0.29, 0.717) is 17.0 Å². The van der Waals surface area contributed by atoms with Crippen LogP contribution in [0.2, 0.25) is 0 Å². The first-order valence-electron chi connectivity index (χ1n) is 5.88. The van der Waals surface area contributed by atoms with Crippen LogP contribution in [0.1, 0.15) is 48.5 Å². The van der Waals surface area contributed by atoms with Crippen molar-refractivity contribution in [2.45, 2.75) is 45.6 Å². The van der Waals surface area contributed by atoms with Gasteiger partial charge in [-0.05, 0) is 31.3 Å². The van der Waals surface area contributed by atoms with Gasteiger partial charge in [-0.25, -0.2) is 0 Å². The van der Waals surface area contributed by atoms with Crippen LogP contribution in [0.4, 0.5) is 0 Å². The second-order valence-corrected chi connectivity index (χ2v) is 4.86. The van der Waals surface area contributed by atoms with E-state index in [2.05, 4.69) is 14.9 Å². The summed E-state index contributed by atoms with van der Waals surface area (Å²) < 4.78 is 3.78. The fraction of sp³-hybridized carbons (Fsp3) is 0.636. The summed E-state index contributed by atoms with van der Waals surface area (Å²) in [6, 6.07) is -0.176. The third kappa shape index (κ3) is 4.40. The van der Waals surface area contributed by atoms with Crippen LogP contribution < -0.4 is 5.32 Å². The van der Waals surface area contributed by atoms with E-state index in [1.165, 1.54) is 0 Å². The topological polar surface area (TPSA) is 92.2 Å². The Kier molecular flexibility index (Phi) is 5.70. The van der Waals surface area contributed by atoms with Crippen molar-refractivity contribution in [3.8, 4) is 0 Å². The highest BCUT2D eigenvalue weighted by atomic mass is 32.1. The van der Waals surface area contributed by atoms with Crippen LogP contribution >= 0.6 is 11.5 Å². The second-order valence-electron chi connectivity index (χ2n) is 4.11. The number of amides is 1. The normalized spacial score (nSPS) is 12.1. The van der Waals surface area contributed by atoms with Crippen molar-refractivity contribution in [1.82, 2.24) is 14.9 Å². The van der Waals surface area contributed by atoms with Crippen LogP contribution in [-0.2, 0) is 11.2 Å². The second kappa shape index (κ2) is 7.05. The highest BCUT2D eigenvalue weighted by Crippen LogP contribution is 2.13. The molecule has 0 aliphatic rings. The van der Waals surface area contributed by atoms with E-state index in [-0.39, 0.29) is 18.4 Å². The maximum absolute atomic E-state index is 11.9. The highest BCUT2D eigenvalue weighted by Gasteiger charge is 2.17. The Balaban J connectivity index is 2.53. The quantitative estimate of drug-likeness (QED) is 0.783. The average molecular weight is 271 g/mol. The standard InChI is InChI=1S/C11H17N3O3S/c1-3-4-8-10(18-14-13-8)11(17)12-7(2)5-6-9(15)16/h7H,3-6H2,1-2H3,(H,12,17)(H,15,16). The Morgan fingerprint density at radius 2 is 2.22 bits per heavy atom. The summed E-state index contributed by atoms with van der Waals surface area (Å²) in [5, 5.41) is 15.3. The van der Waals surface area contributed by atoms with Gasteiger partial charge < -0.3 is 10.4 Å². The molecular formula is C11H17N3O3S. The monoisotopic (exact) mass is 271 g/mol. The average Bonchev–Trinajstić information content (AvgIpc) is 2.75. The molecule has 1 atom stereocenters. The third-order valence-electron chi connectivity index (χ3n) is 2.42. The molecule has 18 heavy (non-hydrogen) atoms. The summed E-state index contributed by atoms with van der Waals surface area (Å²) in [5.41, 5.74) is 0.713. The molecule has 1 rings (SSSR count). The largest absolute Gasteiger partial charge is 0.481 e. The Morgan fingerprint density at radius 3 is 2.83 bits per heavy atom.